The molecule has 0 aliphatic rings. The second-order valence-electron chi connectivity index (χ2n) is 4.14. The lowest BCUT2D eigenvalue weighted by Gasteiger charge is -2.16. The molecule has 0 aromatic heterocycles. The Morgan fingerprint density at radius 3 is 2.52 bits per heavy atom. The van der Waals surface area contributed by atoms with Crippen LogP contribution in [0.25, 0.3) is 0 Å². The molecule has 0 spiro atoms. The molecule has 0 fully saturated rings. The summed E-state index contributed by atoms with van der Waals surface area (Å²) in [4.78, 5) is 22.4. The van der Waals surface area contributed by atoms with E-state index in [2.05, 4.69) is 10.1 Å². The van der Waals surface area contributed by atoms with E-state index >= 15 is 0 Å². The molecule has 0 radical (unpaired) electrons. The van der Waals surface area contributed by atoms with Crippen molar-refractivity contribution in [1.82, 2.24) is 5.32 Å². The maximum absolute atomic E-state index is 13.0. The Hall–Kier alpha value is -2.22. The van der Waals surface area contributed by atoms with Crippen molar-refractivity contribution in [1.29, 1.82) is 0 Å². The fourth-order valence-corrected chi connectivity index (χ4v) is 1.42. The highest BCUT2D eigenvalue weighted by Crippen LogP contribution is 2.16. The van der Waals surface area contributed by atoms with Gasteiger partial charge in [0.15, 0.2) is 23.8 Å². The molecule has 116 valence electrons. The molecule has 0 saturated carbocycles. The van der Waals surface area contributed by atoms with Crippen LogP contribution in [0, 0.1) is 11.6 Å². The number of nitrogens with one attached hydrogen (secondary N) is 1. The maximum Gasteiger partial charge on any atom is 0.334 e. The summed E-state index contributed by atoms with van der Waals surface area (Å²) in [5.74, 6) is -3.96. The van der Waals surface area contributed by atoms with Gasteiger partial charge in [-0.1, -0.05) is 0 Å². The van der Waals surface area contributed by atoms with Crippen molar-refractivity contribution in [3.8, 4) is 5.75 Å². The van der Waals surface area contributed by atoms with Gasteiger partial charge in [-0.15, -0.1) is 0 Å². The van der Waals surface area contributed by atoms with Crippen LogP contribution in [0.2, 0.25) is 0 Å². The van der Waals surface area contributed by atoms with Crippen molar-refractivity contribution >= 4 is 11.9 Å². The monoisotopic (exact) mass is 303 g/mol. The Morgan fingerprint density at radius 1 is 1.33 bits per heavy atom. The molecule has 1 aromatic rings. The van der Waals surface area contributed by atoms with E-state index in [1.807, 2.05) is 0 Å². The van der Waals surface area contributed by atoms with Crippen LogP contribution in [0.4, 0.5) is 8.78 Å². The highest BCUT2D eigenvalue weighted by Gasteiger charge is 2.20. The van der Waals surface area contributed by atoms with Gasteiger partial charge in [-0.2, -0.15) is 0 Å². The number of benzene rings is 1. The number of ether oxygens (including phenoxy) is 2. The number of aliphatic carboxylic acids is 1. The minimum Gasteiger partial charge on any atom is -0.481 e. The topological polar surface area (TPSA) is 84.9 Å². The SMILES string of the molecule is COC(CNC(=O)C(C)Oc1ccc(F)c(F)c1)C(=O)O. The summed E-state index contributed by atoms with van der Waals surface area (Å²) >= 11 is 0. The largest absolute Gasteiger partial charge is 0.481 e. The van der Waals surface area contributed by atoms with Crippen molar-refractivity contribution in [2.24, 2.45) is 0 Å². The summed E-state index contributed by atoms with van der Waals surface area (Å²) < 4.78 is 35.5. The normalized spacial score (nSPS) is 13.3. The predicted octanol–water partition coefficient (Wildman–Crippen LogP) is 0.948. The van der Waals surface area contributed by atoms with Gasteiger partial charge in [0.1, 0.15) is 5.75 Å². The molecule has 21 heavy (non-hydrogen) atoms. The van der Waals surface area contributed by atoms with Crippen molar-refractivity contribution in [3.63, 3.8) is 0 Å². The Bertz CT molecular complexity index is 523. The lowest BCUT2D eigenvalue weighted by molar-refractivity contribution is -0.148. The van der Waals surface area contributed by atoms with Crippen LogP contribution in [0.15, 0.2) is 18.2 Å². The summed E-state index contributed by atoms with van der Waals surface area (Å²) in [6.07, 6.45) is -2.19. The van der Waals surface area contributed by atoms with E-state index in [0.29, 0.717) is 0 Å². The average Bonchev–Trinajstić information content (AvgIpc) is 2.42. The molecule has 0 aliphatic carbocycles. The summed E-state index contributed by atoms with van der Waals surface area (Å²) in [5, 5.41) is 11.1. The number of carboxylic acids is 1. The zero-order valence-electron chi connectivity index (χ0n) is 11.4. The van der Waals surface area contributed by atoms with Crippen molar-refractivity contribution in [2.45, 2.75) is 19.1 Å². The van der Waals surface area contributed by atoms with Crippen LogP contribution in [0.5, 0.6) is 5.75 Å². The third-order valence-electron chi connectivity index (χ3n) is 2.59. The molecule has 6 nitrogen and oxygen atoms in total. The second-order valence-corrected chi connectivity index (χ2v) is 4.14. The van der Waals surface area contributed by atoms with E-state index in [1.54, 1.807) is 0 Å². The Kier molecular flexibility index (Phi) is 6.04. The Labute approximate surface area is 119 Å². The third-order valence-corrected chi connectivity index (χ3v) is 2.59. The van der Waals surface area contributed by atoms with Gasteiger partial charge < -0.3 is 19.9 Å². The quantitative estimate of drug-likeness (QED) is 0.783. The summed E-state index contributed by atoms with van der Waals surface area (Å²) in [5.41, 5.74) is 0. The summed E-state index contributed by atoms with van der Waals surface area (Å²) in [6.45, 7) is 1.15. The third kappa shape index (κ3) is 4.99. The van der Waals surface area contributed by atoms with Gasteiger partial charge in [-0.3, -0.25) is 4.79 Å². The summed E-state index contributed by atoms with van der Waals surface area (Å²) in [7, 11) is 1.20. The molecular formula is C13H15F2NO5. The van der Waals surface area contributed by atoms with E-state index in [4.69, 9.17) is 9.84 Å². The van der Waals surface area contributed by atoms with E-state index in [9.17, 15) is 18.4 Å². The molecule has 1 amide bonds. The molecule has 1 rings (SSSR count). The molecule has 0 saturated heterocycles. The molecule has 0 heterocycles. The van der Waals surface area contributed by atoms with E-state index in [1.165, 1.54) is 20.1 Å². The lowest BCUT2D eigenvalue weighted by atomic mass is 10.3. The Balaban J connectivity index is 2.54. The van der Waals surface area contributed by atoms with E-state index < -0.39 is 35.7 Å². The first-order valence-corrected chi connectivity index (χ1v) is 6.00. The van der Waals surface area contributed by atoms with Crippen LogP contribution < -0.4 is 10.1 Å². The van der Waals surface area contributed by atoms with Gasteiger partial charge in [0.25, 0.3) is 5.91 Å². The summed E-state index contributed by atoms with van der Waals surface area (Å²) in [6, 6.07) is 2.87. The fourth-order valence-electron chi connectivity index (χ4n) is 1.42. The zero-order valence-corrected chi connectivity index (χ0v) is 11.4. The zero-order chi connectivity index (χ0) is 16.0. The number of hydrogen-bond donors (Lipinski definition) is 2. The number of halogens is 2. The number of carbonyl (C=O) groups excluding carboxylic acids is 1. The van der Waals surface area contributed by atoms with Crippen LogP contribution in [0.3, 0.4) is 0 Å². The molecular weight excluding hydrogens is 288 g/mol. The second kappa shape index (κ2) is 7.53. The number of amides is 1. The number of carbonyl (C=O) groups is 2. The van der Waals surface area contributed by atoms with Crippen LogP contribution in [-0.2, 0) is 14.3 Å². The first kappa shape index (κ1) is 16.8. The first-order chi connectivity index (χ1) is 9.85. The van der Waals surface area contributed by atoms with Crippen molar-refractivity contribution in [3.05, 3.63) is 29.8 Å². The fraction of sp³-hybridized carbons (Fsp3) is 0.385. The predicted molar refractivity (Wildman–Crippen MR) is 67.9 cm³/mol. The lowest BCUT2D eigenvalue weighted by Crippen LogP contribution is -2.43. The van der Waals surface area contributed by atoms with E-state index in [0.717, 1.165) is 12.1 Å². The number of rotatable bonds is 7. The van der Waals surface area contributed by atoms with Gasteiger partial charge in [0, 0.05) is 13.2 Å². The molecule has 1 aromatic carbocycles. The molecule has 2 atom stereocenters. The number of carboxylic acid groups (broad SMARTS) is 1. The molecule has 2 N–H and O–H groups in total. The van der Waals surface area contributed by atoms with Crippen molar-refractivity contribution in [2.75, 3.05) is 13.7 Å². The standard InChI is InChI=1S/C13H15F2NO5/c1-7(12(17)16-6-11(20-2)13(18)19)21-8-3-4-9(14)10(15)5-8/h3-5,7,11H,6H2,1-2H3,(H,16,17)(H,18,19). The van der Waals surface area contributed by atoms with Crippen LogP contribution in [0.1, 0.15) is 6.92 Å². The minimum atomic E-state index is -1.22. The molecule has 0 aliphatic heterocycles. The first-order valence-electron chi connectivity index (χ1n) is 6.00. The average molecular weight is 303 g/mol. The van der Waals surface area contributed by atoms with Gasteiger partial charge in [0.2, 0.25) is 0 Å². The van der Waals surface area contributed by atoms with Gasteiger partial charge in [-0.05, 0) is 19.1 Å². The highest BCUT2D eigenvalue weighted by molar-refractivity contribution is 5.81. The smallest absolute Gasteiger partial charge is 0.334 e. The van der Waals surface area contributed by atoms with Gasteiger partial charge in [-0.25, -0.2) is 13.6 Å². The molecule has 2 unspecified atom stereocenters. The molecule has 8 heteroatoms. The van der Waals surface area contributed by atoms with Crippen LogP contribution in [-0.4, -0.2) is 42.8 Å². The number of hydrogen-bond acceptors (Lipinski definition) is 4. The van der Waals surface area contributed by atoms with Gasteiger partial charge in [0.05, 0.1) is 6.54 Å². The number of methoxy groups -OCH3 is 1. The van der Waals surface area contributed by atoms with Gasteiger partial charge >= 0.3 is 5.97 Å². The van der Waals surface area contributed by atoms with E-state index in [-0.39, 0.29) is 12.3 Å². The highest BCUT2D eigenvalue weighted by atomic mass is 19.2. The van der Waals surface area contributed by atoms with Crippen molar-refractivity contribution < 1.29 is 33.0 Å². The maximum atomic E-state index is 13.0. The molecule has 0 bridgehead atoms. The minimum absolute atomic E-state index is 0.0157. The Morgan fingerprint density at radius 2 is 2.00 bits per heavy atom. The van der Waals surface area contributed by atoms with Crippen LogP contribution >= 0.6 is 0 Å².